The highest BCUT2D eigenvalue weighted by Crippen LogP contribution is 2.64. The summed E-state index contributed by atoms with van der Waals surface area (Å²) in [6.07, 6.45) is 0. The summed E-state index contributed by atoms with van der Waals surface area (Å²) in [6.45, 7) is 2.06. The van der Waals surface area contributed by atoms with Crippen LogP contribution in [-0.2, 0) is 14.6 Å². The maximum Gasteiger partial charge on any atom is 0.182 e. The molecule has 1 saturated carbocycles. The van der Waals surface area contributed by atoms with Crippen LogP contribution in [0.4, 0.5) is 0 Å². The first-order chi connectivity index (χ1) is 12.8. The number of hydrogen-bond acceptors (Lipinski definition) is 5. The number of benzene rings is 2. The Morgan fingerprint density at radius 2 is 1.70 bits per heavy atom. The van der Waals surface area contributed by atoms with E-state index in [1.807, 2.05) is 19.1 Å². The van der Waals surface area contributed by atoms with Crippen molar-refractivity contribution >= 4 is 27.0 Å². The Labute approximate surface area is 165 Å². The van der Waals surface area contributed by atoms with Crippen LogP contribution in [0.1, 0.15) is 17.0 Å². The Morgan fingerprint density at radius 3 is 2.19 bits per heavy atom. The SMILES string of the molecule is COCC1(C(N)=S)C(c2ccc(OC)cc2)C1S(=O)(=O)c1ccc(C)cc1. The molecule has 7 heteroatoms. The quantitative estimate of drug-likeness (QED) is 0.714. The normalized spacial score (nSPS) is 24.4. The van der Waals surface area contributed by atoms with E-state index in [9.17, 15) is 8.42 Å². The van der Waals surface area contributed by atoms with Crippen LogP contribution in [-0.4, -0.2) is 39.5 Å². The summed E-state index contributed by atoms with van der Waals surface area (Å²) in [5.41, 5.74) is 6.97. The van der Waals surface area contributed by atoms with Gasteiger partial charge in [0.15, 0.2) is 9.84 Å². The van der Waals surface area contributed by atoms with Gasteiger partial charge in [0.1, 0.15) is 5.75 Å². The van der Waals surface area contributed by atoms with Crippen molar-refractivity contribution < 1.29 is 17.9 Å². The molecular formula is C20H23NO4S2. The highest BCUT2D eigenvalue weighted by molar-refractivity contribution is 7.92. The van der Waals surface area contributed by atoms with Gasteiger partial charge in [0.2, 0.25) is 0 Å². The van der Waals surface area contributed by atoms with E-state index >= 15 is 0 Å². The van der Waals surface area contributed by atoms with E-state index in [0.29, 0.717) is 5.75 Å². The lowest BCUT2D eigenvalue weighted by Gasteiger charge is -2.16. The van der Waals surface area contributed by atoms with Crippen LogP contribution in [0.25, 0.3) is 0 Å². The summed E-state index contributed by atoms with van der Waals surface area (Å²) in [5, 5.41) is -0.765. The summed E-state index contributed by atoms with van der Waals surface area (Å²) in [6, 6.07) is 14.2. The van der Waals surface area contributed by atoms with E-state index in [-0.39, 0.29) is 22.4 Å². The highest BCUT2D eigenvalue weighted by atomic mass is 32.2. The molecule has 144 valence electrons. The van der Waals surface area contributed by atoms with Crippen molar-refractivity contribution in [2.45, 2.75) is 23.0 Å². The molecule has 3 unspecified atom stereocenters. The minimum Gasteiger partial charge on any atom is -0.497 e. The van der Waals surface area contributed by atoms with E-state index in [2.05, 4.69) is 0 Å². The number of nitrogens with two attached hydrogens (primary N) is 1. The fourth-order valence-electron chi connectivity index (χ4n) is 3.79. The number of methoxy groups -OCH3 is 2. The predicted molar refractivity (Wildman–Crippen MR) is 109 cm³/mol. The van der Waals surface area contributed by atoms with Crippen molar-refractivity contribution in [3.05, 3.63) is 59.7 Å². The van der Waals surface area contributed by atoms with Crippen LogP contribution in [0.2, 0.25) is 0 Å². The van der Waals surface area contributed by atoms with Crippen LogP contribution in [0.15, 0.2) is 53.4 Å². The van der Waals surface area contributed by atoms with Crippen LogP contribution in [0, 0.1) is 12.3 Å². The maximum atomic E-state index is 13.4. The molecule has 0 heterocycles. The smallest absolute Gasteiger partial charge is 0.182 e. The van der Waals surface area contributed by atoms with Gasteiger partial charge in [0.05, 0.1) is 34.3 Å². The molecule has 0 amide bonds. The van der Waals surface area contributed by atoms with E-state index in [4.69, 9.17) is 27.4 Å². The third-order valence-electron chi connectivity index (χ3n) is 5.26. The van der Waals surface area contributed by atoms with Crippen LogP contribution < -0.4 is 10.5 Å². The Kier molecular flexibility index (Phi) is 5.29. The standard InChI is InChI=1S/C20H23NO4S2/c1-13-4-10-16(11-5-13)27(22,23)18-17(20(18,12-24-2)19(21)26)14-6-8-15(25-3)9-7-14/h4-11,17-18H,12H2,1-3H3,(H2,21,26). The molecule has 1 fully saturated rings. The number of sulfone groups is 1. The number of hydrogen-bond donors (Lipinski definition) is 1. The van der Waals surface area contributed by atoms with Gasteiger partial charge >= 0.3 is 0 Å². The molecule has 2 N–H and O–H groups in total. The lowest BCUT2D eigenvalue weighted by Crippen LogP contribution is -2.33. The molecule has 2 aromatic carbocycles. The van der Waals surface area contributed by atoms with Crippen molar-refractivity contribution in [3.8, 4) is 5.75 Å². The molecule has 0 radical (unpaired) electrons. The molecule has 3 atom stereocenters. The van der Waals surface area contributed by atoms with Crippen molar-refractivity contribution in [3.63, 3.8) is 0 Å². The van der Waals surface area contributed by atoms with Gasteiger partial charge in [-0.1, -0.05) is 42.0 Å². The van der Waals surface area contributed by atoms with Gasteiger partial charge in [0.25, 0.3) is 0 Å². The molecule has 5 nitrogen and oxygen atoms in total. The largest absolute Gasteiger partial charge is 0.497 e. The molecule has 3 rings (SSSR count). The Morgan fingerprint density at radius 1 is 1.11 bits per heavy atom. The molecular weight excluding hydrogens is 382 g/mol. The van der Waals surface area contributed by atoms with Crippen molar-refractivity contribution in [2.75, 3.05) is 20.8 Å². The molecule has 0 spiro atoms. The zero-order valence-corrected chi connectivity index (χ0v) is 17.1. The average Bonchev–Trinajstić information content (AvgIpc) is 3.33. The highest BCUT2D eigenvalue weighted by Gasteiger charge is 2.73. The van der Waals surface area contributed by atoms with Crippen molar-refractivity contribution in [1.29, 1.82) is 0 Å². The first kappa shape index (κ1) is 19.8. The molecule has 27 heavy (non-hydrogen) atoms. The van der Waals surface area contributed by atoms with Gasteiger partial charge in [-0.2, -0.15) is 0 Å². The third-order valence-corrected chi connectivity index (χ3v) is 7.93. The summed E-state index contributed by atoms with van der Waals surface area (Å²) in [4.78, 5) is 0.427. The molecule has 0 aliphatic heterocycles. The number of rotatable bonds is 7. The van der Waals surface area contributed by atoms with Gasteiger partial charge in [0, 0.05) is 13.0 Å². The average molecular weight is 406 g/mol. The Balaban J connectivity index is 2.09. The molecule has 0 bridgehead atoms. The monoisotopic (exact) mass is 405 g/mol. The molecule has 1 aliphatic rings. The van der Waals surface area contributed by atoms with E-state index in [1.54, 1.807) is 43.5 Å². The zero-order chi connectivity index (χ0) is 19.8. The third kappa shape index (κ3) is 3.24. The second-order valence-corrected chi connectivity index (χ2v) is 9.38. The minimum atomic E-state index is -3.65. The number of ether oxygens (including phenoxy) is 2. The Hall–Kier alpha value is -1.96. The first-order valence-electron chi connectivity index (χ1n) is 8.52. The predicted octanol–water partition coefficient (Wildman–Crippen LogP) is 2.86. The van der Waals surface area contributed by atoms with Gasteiger partial charge in [-0.25, -0.2) is 8.42 Å². The van der Waals surface area contributed by atoms with Crippen molar-refractivity contribution in [1.82, 2.24) is 0 Å². The van der Waals surface area contributed by atoms with Gasteiger partial charge < -0.3 is 15.2 Å². The van der Waals surface area contributed by atoms with Gasteiger partial charge in [-0.3, -0.25) is 0 Å². The van der Waals surface area contributed by atoms with Gasteiger partial charge in [-0.05, 0) is 36.8 Å². The summed E-state index contributed by atoms with van der Waals surface area (Å²) in [5.74, 6) is 0.331. The van der Waals surface area contributed by atoms with E-state index in [1.165, 1.54) is 7.11 Å². The summed E-state index contributed by atoms with van der Waals surface area (Å²) >= 11 is 5.31. The summed E-state index contributed by atoms with van der Waals surface area (Å²) < 4.78 is 37.4. The second-order valence-electron chi connectivity index (χ2n) is 6.87. The minimum absolute atomic E-state index is 0.148. The lowest BCUT2D eigenvalue weighted by molar-refractivity contribution is 0.166. The summed E-state index contributed by atoms with van der Waals surface area (Å²) in [7, 11) is -0.538. The fourth-order valence-corrected chi connectivity index (χ4v) is 6.57. The topological polar surface area (TPSA) is 78.6 Å². The molecule has 1 aliphatic carbocycles. The van der Waals surface area contributed by atoms with Crippen molar-refractivity contribution in [2.24, 2.45) is 11.1 Å². The Bertz CT molecular complexity index is 939. The second kappa shape index (κ2) is 7.22. The first-order valence-corrected chi connectivity index (χ1v) is 10.5. The van der Waals surface area contributed by atoms with Crippen LogP contribution >= 0.6 is 12.2 Å². The molecule has 0 saturated heterocycles. The van der Waals surface area contributed by atoms with Gasteiger partial charge in [-0.15, -0.1) is 0 Å². The lowest BCUT2D eigenvalue weighted by atomic mass is 10.00. The maximum absolute atomic E-state index is 13.4. The van der Waals surface area contributed by atoms with E-state index < -0.39 is 20.5 Å². The zero-order valence-electron chi connectivity index (χ0n) is 15.5. The number of thiocarbonyl (C=S) groups is 1. The van der Waals surface area contributed by atoms with E-state index in [0.717, 1.165) is 11.1 Å². The molecule has 2 aromatic rings. The fraction of sp³-hybridized carbons (Fsp3) is 0.350. The molecule has 0 aromatic heterocycles. The van der Waals surface area contributed by atoms with Crippen LogP contribution in [0.5, 0.6) is 5.75 Å². The van der Waals surface area contributed by atoms with Crippen LogP contribution in [0.3, 0.4) is 0 Å². The number of aryl methyl sites for hydroxylation is 1.